The first-order valence-corrected chi connectivity index (χ1v) is 7.40. The molecule has 6 heteroatoms. The van der Waals surface area contributed by atoms with Crippen LogP contribution in [0, 0.1) is 6.92 Å². The molecule has 0 fully saturated rings. The van der Waals surface area contributed by atoms with Crippen LogP contribution in [0.2, 0.25) is 0 Å². The van der Waals surface area contributed by atoms with Crippen LogP contribution in [0.1, 0.15) is 31.2 Å². The van der Waals surface area contributed by atoms with Gasteiger partial charge in [-0.3, -0.25) is 4.68 Å². The Labute approximate surface area is 123 Å². The first-order valence-electron chi connectivity index (χ1n) is 6.60. The molecule has 5 nitrogen and oxygen atoms in total. The molecule has 1 unspecified atom stereocenters. The van der Waals surface area contributed by atoms with Crippen LogP contribution in [0.25, 0.3) is 0 Å². The average molecular weight is 334 g/mol. The zero-order chi connectivity index (χ0) is 14.5. The van der Waals surface area contributed by atoms with Crippen LogP contribution in [-0.2, 0) is 17.7 Å². The molecule has 0 bridgehead atoms. The highest BCUT2D eigenvalue weighted by Crippen LogP contribution is 2.27. The van der Waals surface area contributed by atoms with Crippen LogP contribution in [0.3, 0.4) is 0 Å². The molecule has 0 amide bonds. The Kier molecular flexibility index (Phi) is 6.46. The van der Waals surface area contributed by atoms with Crippen molar-refractivity contribution in [2.24, 2.45) is 5.73 Å². The second kappa shape index (κ2) is 7.38. The molecule has 0 aliphatic carbocycles. The summed E-state index contributed by atoms with van der Waals surface area (Å²) in [7, 11) is 1.60. The summed E-state index contributed by atoms with van der Waals surface area (Å²) < 4.78 is 8.05. The van der Waals surface area contributed by atoms with Crippen molar-refractivity contribution in [3.63, 3.8) is 0 Å². The minimum Gasteiger partial charge on any atom is -0.387 e. The number of aliphatic hydroxyl groups is 1. The van der Waals surface area contributed by atoms with Gasteiger partial charge in [-0.1, -0.05) is 0 Å². The number of halogens is 1. The maximum atomic E-state index is 10.7. The summed E-state index contributed by atoms with van der Waals surface area (Å²) in [6.07, 6.45) is 1.91. The summed E-state index contributed by atoms with van der Waals surface area (Å²) in [5.41, 5.74) is 6.59. The molecule has 0 aliphatic rings. The maximum Gasteiger partial charge on any atom is 0.0935 e. The van der Waals surface area contributed by atoms with Crippen molar-refractivity contribution in [3.05, 3.63) is 15.9 Å². The third-order valence-corrected chi connectivity index (χ3v) is 4.24. The molecule has 0 aliphatic heterocycles. The summed E-state index contributed by atoms with van der Waals surface area (Å²) in [5.74, 6) is 0. The summed E-state index contributed by atoms with van der Waals surface area (Å²) in [6.45, 7) is 5.64. The second-order valence-corrected chi connectivity index (χ2v) is 5.68. The van der Waals surface area contributed by atoms with Crippen LogP contribution in [-0.4, -0.2) is 40.7 Å². The molecule has 110 valence electrons. The van der Waals surface area contributed by atoms with Gasteiger partial charge in [-0.05, 0) is 49.2 Å². The lowest BCUT2D eigenvalue weighted by atomic mass is 9.92. The first kappa shape index (κ1) is 16.6. The molecule has 0 radical (unpaired) electrons. The lowest BCUT2D eigenvalue weighted by Gasteiger charge is -2.27. The monoisotopic (exact) mass is 333 g/mol. The molecule has 1 aromatic heterocycles. The number of nitrogens with zero attached hydrogens (tertiary/aromatic N) is 2. The molecular formula is C13H24BrN3O2. The maximum absolute atomic E-state index is 10.7. The zero-order valence-electron chi connectivity index (χ0n) is 11.9. The van der Waals surface area contributed by atoms with E-state index in [2.05, 4.69) is 21.0 Å². The Morgan fingerprint density at radius 2 is 2.21 bits per heavy atom. The number of aromatic nitrogens is 2. The molecule has 0 saturated heterocycles. The first-order chi connectivity index (χ1) is 8.97. The van der Waals surface area contributed by atoms with Crippen molar-refractivity contribution in [3.8, 4) is 0 Å². The fraction of sp³-hybridized carbons (Fsp3) is 0.769. The fourth-order valence-corrected chi connectivity index (χ4v) is 2.69. The van der Waals surface area contributed by atoms with E-state index in [0.717, 1.165) is 28.8 Å². The Morgan fingerprint density at radius 1 is 1.53 bits per heavy atom. The minimum absolute atomic E-state index is 0.299. The molecule has 0 spiro atoms. The minimum atomic E-state index is -0.893. The van der Waals surface area contributed by atoms with E-state index in [1.165, 1.54) is 0 Å². The number of hydrogen-bond donors (Lipinski definition) is 2. The van der Waals surface area contributed by atoms with E-state index < -0.39 is 5.60 Å². The fourth-order valence-electron chi connectivity index (χ4n) is 2.26. The van der Waals surface area contributed by atoms with Gasteiger partial charge in [0.25, 0.3) is 0 Å². The van der Waals surface area contributed by atoms with Crippen LogP contribution in [0.5, 0.6) is 0 Å². The standard InChI is InChI=1S/C13H24BrN3O2/c1-4-17-11(12(14)10(2)16-17)8-13(18,9-19-3)6-5-7-15/h18H,4-9,15H2,1-3H3. The van der Waals surface area contributed by atoms with Gasteiger partial charge in [0, 0.05) is 20.1 Å². The number of ether oxygens (including phenoxy) is 1. The smallest absolute Gasteiger partial charge is 0.0935 e. The lowest BCUT2D eigenvalue weighted by molar-refractivity contribution is -0.0388. The quantitative estimate of drug-likeness (QED) is 0.758. The SMILES string of the molecule is CCn1nc(C)c(Br)c1CC(O)(CCCN)COC. The number of rotatable bonds is 8. The van der Waals surface area contributed by atoms with Gasteiger partial charge in [-0.2, -0.15) is 5.10 Å². The van der Waals surface area contributed by atoms with Gasteiger partial charge in [0.15, 0.2) is 0 Å². The molecule has 19 heavy (non-hydrogen) atoms. The van der Waals surface area contributed by atoms with Gasteiger partial charge in [0.05, 0.1) is 28.1 Å². The Hall–Kier alpha value is -0.430. The Bertz CT molecular complexity index is 409. The van der Waals surface area contributed by atoms with Gasteiger partial charge >= 0.3 is 0 Å². The third kappa shape index (κ3) is 4.27. The van der Waals surface area contributed by atoms with Crippen molar-refractivity contribution in [2.45, 2.75) is 45.3 Å². The summed E-state index contributed by atoms with van der Waals surface area (Å²) >= 11 is 3.55. The molecule has 1 aromatic rings. The predicted molar refractivity (Wildman–Crippen MR) is 79.2 cm³/mol. The van der Waals surface area contributed by atoms with Gasteiger partial charge in [0.1, 0.15) is 0 Å². The number of methoxy groups -OCH3 is 1. The zero-order valence-corrected chi connectivity index (χ0v) is 13.5. The molecule has 1 heterocycles. The lowest BCUT2D eigenvalue weighted by Crippen LogP contribution is -2.38. The molecule has 1 atom stereocenters. The topological polar surface area (TPSA) is 73.3 Å². The summed E-state index contributed by atoms with van der Waals surface area (Å²) in [5, 5.41) is 15.2. The molecule has 1 rings (SSSR count). The second-order valence-electron chi connectivity index (χ2n) is 4.89. The van der Waals surface area contributed by atoms with Crippen LogP contribution < -0.4 is 5.73 Å². The average Bonchev–Trinajstić information content (AvgIpc) is 2.64. The van der Waals surface area contributed by atoms with Crippen molar-refractivity contribution in [1.29, 1.82) is 0 Å². The normalized spacial score (nSPS) is 14.6. The highest BCUT2D eigenvalue weighted by atomic mass is 79.9. The van der Waals surface area contributed by atoms with E-state index >= 15 is 0 Å². The van der Waals surface area contributed by atoms with Crippen molar-refractivity contribution >= 4 is 15.9 Å². The highest BCUT2D eigenvalue weighted by Gasteiger charge is 2.30. The Balaban J connectivity index is 2.95. The van der Waals surface area contributed by atoms with E-state index in [0.29, 0.717) is 26.0 Å². The van der Waals surface area contributed by atoms with Crippen molar-refractivity contribution < 1.29 is 9.84 Å². The number of aryl methyl sites for hydroxylation is 2. The summed E-state index contributed by atoms with van der Waals surface area (Å²) in [4.78, 5) is 0. The molecular weight excluding hydrogens is 310 g/mol. The van der Waals surface area contributed by atoms with Crippen molar-refractivity contribution in [1.82, 2.24) is 9.78 Å². The van der Waals surface area contributed by atoms with Crippen LogP contribution in [0.4, 0.5) is 0 Å². The Morgan fingerprint density at radius 3 is 2.74 bits per heavy atom. The third-order valence-electron chi connectivity index (χ3n) is 3.21. The van der Waals surface area contributed by atoms with Gasteiger partial charge in [-0.15, -0.1) is 0 Å². The molecule has 0 aromatic carbocycles. The predicted octanol–water partition coefficient (Wildman–Crippen LogP) is 1.63. The van der Waals surface area contributed by atoms with E-state index in [1.54, 1.807) is 7.11 Å². The van der Waals surface area contributed by atoms with E-state index in [-0.39, 0.29) is 0 Å². The number of nitrogens with two attached hydrogens (primary N) is 1. The van der Waals surface area contributed by atoms with Gasteiger partial charge in [-0.25, -0.2) is 0 Å². The van der Waals surface area contributed by atoms with E-state index in [1.807, 2.05) is 18.5 Å². The van der Waals surface area contributed by atoms with Crippen LogP contribution >= 0.6 is 15.9 Å². The molecule has 0 saturated carbocycles. The molecule has 3 N–H and O–H groups in total. The van der Waals surface area contributed by atoms with E-state index in [4.69, 9.17) is 10.5 Å². The van der Waals surface area contributed by atoms with E-state index in [9.17, 15) is 5.11 Å². The van der Waals surface area contributed by atoms with Crippen molar-refractivity contribution in [2.75, 3.05) is 20.3 Å². The van der Waals surface area contributed by atoms with Gasteiger partial charge < -0.3 is 15.6 Å². The van der Waals surface area contributed by atoms with Gasteiger partial charge in [0.2, 0.25) is 0 Å². The number of hydrogen-bond acceptors (Lipinski definition) is 4. The van der Waals surface area contributed by atoms with Crippen LogP contribution in [0.15, 0.2) is 4.47 Å². The largest absolute Gasteiger partial charge is 0.387 e. The summed E-state index contributed by atoms with van der Waals surface area (Å²) in [6, 6.07) is 0. The highest BCUT2D eigenvalue weighted by molar-refractivity contribution is 9.10.